The summed E-state index contributed by atoms with van der Waals surface area (Å²) in [6.07, 6.45) is -1.38. The molecule has 0 saturated carbocycles. The zero-order valence-corrected chi connectivity index (χ0v) is 14.3. The van der Waals surface area contributed by atoms with Crippen molar-refractivity contribution >= 4 is 52.6 Å². The molecule has 9 heteroatoms. The number of rotatable bonds is 3. The molecule has 0 aromatic heterocycles. The predicted molar refractivity (Wildman–Crippen MR) is 87.4 cm³/mol. The van der Waals surface area contributed by atoms with Crippen LogP contribution in [-0.4, -0.2) is 38.7 Å². The van der Waals surface area contributed by atoms with Crippen LogP contribution in [0.3, 0.4) is 0 Å². The van der Waals surface area contributed by atoms with E-state index in [4.69, 9.17) is 34.8 Å². The number of alkyl halides is 3. The second-order valence-electron chi connectivity index (χ2n) is 5.10. The maximum atomic E-state index is 12.3. The fourth-order valence-corrected chi connectivity index (χ4v) is 2.61. The lowest BCUT2D eigenvalue weighted by molar-refractivity contribution is -0.132. The molecule has 1 heterocycles. The second kappa shape index (κ2) is 6.95. The number of hydrogen-bond donors (Lipinski definition) is 2. The predicted octanol–water partition coefficient (Wildman–Crippen LogP) is 2.44. The van der Waals surface area contributed by atoms with Crippen molar-refractivity contribution in [3.05, 3.63) is 35.9 Å². The van der Waals surface area contributed by atoms with E-state index >= 15 is 0 Å². The molecular formula is C14H14Cl3N3O3. The Bertz CT molecular complexity index is 601. The summed E-state index contributed by atoms with van der Waals surface area (Å²) >= 11 is 17.6. The van der Waals surface area contributed by atoms with Gasteiger partial charge in [0.2, 0.25) is 9.70 Å². The summed E-state index contributed by atoms with van der Waals surface area (Å²) in [5.74, 6) is -1.10. The molecule has 1 aliphatic rings. The first kappa shape index (κ1) is 17.8. The Morgan fingerprint density at radius 2 is 1.91 bits per heavy atom. The molecule has 124 valence electrons. The smallest absolute Gasteiger partial charge is 0.326 e. The van der Waals surface area contributed by atoms with Crippen LogP contribution in [0.15, 0.2) is 30.3 Å². The van der Waals surface area contributed by atoms with Crippen molar-refractivity contribution in [2.24, 2.45) is 0 Å². The van der Waals surface area contributed by atoms with Gasteiger partial charge in [-0.25, -0.2) is 9.69 Å². The van der Waals surface area contributed by atoms with Gasteiger partial charge in [-0.2, -0.15) is 0 Å². The lowest BCUT2D eigenvalue weighted by Gasteiger charge is -2.38. The zero-order valence-electron chi connectivity index (χ0n) is 12.1. The molecule has 1 aliphatic heterocycles. The lowest BCUT2D eigenvalue weighted by Crippen LogP contribution is -2.65. The molecule has 2 N–H and O–H groups in total. The first-order valence-corrected chi connectivity index (χ1v) is 7.88. The maximum Gasteiger partial charge on any atom is 0.326 e. The molecule has 0 spiro atoms. The van der Waals surface area contributed by atoms with E-state index in [9.17, 15) is 14.4 Å². The first-order valence-electron chi connectivity index (χ1n) is 6.75. The number of hydrogen-bond acceptors (Lipinski definition) is 3. The number of urea groups is 1. The summed E-state index contributed by atoms with van der Waals surface area (Å²) in [7, 11) is 0. The molecule has 2 rings (SSSR count). The van der Waals surface area contributed by atoms with E-state index in [1.54, 1.807) is 37.3 Å². The topological polar surface area (TPSA) is 78.5 Å². The first-order chi connectivity index (χ1) is 10.7. The third-order valence-electron chi connectivity index (χ3n) is 3.21. The van der Waals surface area contributed by atoms with E-state index in [0.717, 1.165) is 4.90 Å². The number of carbonyl (C=O) groups is 3. The van der Waals surface area contributed by atoms with Gasteiger partial charge in [-0.1, -0.05) is 53.0 Å². The average molecular weight is 379 g/mol. The van der Waals surface area contributed by atoms with Crippen LogP contribution in [0.1, 0.15) is 23.7 Å². The fourth-order valence-electron chi connectivity index (χ4n) is 2.16. The molecule has 0 aliphatic carbocycles. The number of amides is 4. The highest BCUT2D eigenvalue weighted by molar-refractivity contribution is 6.68. The molecule has 1 aromatic carbocycles. The van der Waals surface area contributed by atoms with Gasteiger partial charge >= 0.3 is 6.03 Å². The molecule has 6 nitrogen and oxygen atoms in total. The van der Waals surface area contributed by atoms with E-state index in [-0.39, 0.29) is 12.5 Å². The van der Waals surface area contributed by atoms with E-state index in [2.05, 4.69) is 10.6 Å². The van der Waals surface area contributed by atoms with E-state index in [0.29, 0.717) is 5.56 Å². The number of carbonyl (C=O) groups excluding carboxylic acids is 3. The Labute approximate surface area is 148 Å². The summed E-state index contributed by atoms with van der Waals surface area (Å²) < 4.78 is -2.09. The van der Waals surface area contributed by atoms with Crippen molar-refractivity contribution in [1.82, 2.24) is 15.5 Å². The van der Waals surface area contributed by atoms with Crippen molar-refractivity contribution in [2.75, 3.05) is 0 Å². The highest BCUT2D eigenvalue weighted by Gasteiger charge is 2.46. The third kappa shape index (κ3) is 4.28. The van der Waals surface area contributed by atoms with Gasteiger partial charge in [0.25, 0.3) is 5.91 Å². The van der Waals surface area contributed by atoms with Gasteiger partial charge in [0, 0.05) is 18.0 Å². The minimum absolute atomic E-state index is 0.0458. The van der Waals surface area contributed by atoms with Gasteiger partial charge in [0.1, 0.15) is 0 Å². The molecule has 1 fully saturated rings. The van der Waals surface area contributed by atoms with Crippen LogP contribution in [0, 0.1) is 0 Å². The van der Waals surface area contributed by atoms with E-state index in [1.807, 2.05) is 0 Å². The average Bonchev–Trinajstić information content (AvgIpc) is 2.45. The Morgan fingerprint density at radius 3 is 2.43 bits per heavy atom. The molecule has 2 unspecified atom stereocenters. The summed E-state index contributed by atoms with van der Waals surface area (Å²) in [5.41, 5.74) is 0.310. The van der Waals surface area contributed by atoms with Crippen LogP contribution < -0.4 is 10.6 Å². The summed E-state index contributed by atoms with van der Waals surface area (Å²) in [5, 5.41) is 4.99. The van der Waals surface area contributed by atoms with Crippen LogP contribution in [0.25, 0.3) is 0 Å². The molecule has 23 heavy (non-hydrogen) atoms. The van der Waals surface area contributed by atoms with Crippen molar-refractivity contribution < 1.29 is 14.4 Å². The second-order valence-corrected chi connectivity index (χ2v) is 7.47. The number of benzene rings is 1. The number of halogens is 3. The fraction of sp³-hybridized carbons (Fsp3) is 0.357. The Kier molecular flexibility index (Phi) is 5.39. The third-order valence-corrected chi connectivity index (χ3v) is 3.83. The van der Waals surface area contributed by atoms with Crippen LogP contribution in [0.2, 0.25) is 0 Å². The SMILES string of the molecule is CC1CC(=O)N(C(NC(=O)c2ccccc2)C(Cl)(Cl)Cl)C(=O)N1. The van der Waals surface area contributed by atoms with Gasteiger partial charge in [0.05, 0.1) is 0 Å². The van der Waals surface area contributed by atoms with Crippen molar-refractivity contribution in [3.63, 3.8) is 0 Å². The highest BCUT2D eigenvalue weighted by Crippen LogP contribution is 2.33. The number of imide groups is 1. The van der Waals surface area contributed by atoms with Gasteiger partial charge in [-0.3, -0.25) is 9.59 Å². The molecule has 0 bridgehead atoms. The Balaban J connectivity index is 2.26. The zero-order chi connectivity index (χ0) is 17.2. The number of nitrogens with one attached hydrogen (secondary N) is 2. The van der Waals surface area contributed by atoms with Crippen LogP contribution in [0.5, 0.6) is 0 Å². The van der Waals surface area contributed by atoms with E-state index < -0.39 is 27.8 Å². The standard InChI is InChI=1S/C14H14Cl3N3O3/c1-8-7-10(21)20(13(23)18-8)12(14(15,16)17)19-11(22)9-5-3-2-4-6-9/h2-6,8,12H,7H2,1H3,(H,18,23)(H,19,22). The molecule has 1 aromatic rings. The van der Waals surface area contributed by atoms with E-state index in [1.165, 1.54) is 0 Å². The van der Waals surface area contributed by atoms with Gasteiger partial charge in [0.15, 0.2) is 6.17 Å². The molecule has 0 radical (unpaired) electrons. The lowest BCUT2D eigenvalue weighted by atomic mass is 10.1. The monoisotopic (exact) mass is 377 g/mol. The van der Waals surface area contributed by atoms with Crippen LogP contribution in [-0.2, 0) is 4.79 Å². The summed E-state index contributed by atoms with van der Waals surface area (Å²) in [6, 6.07) is 7.15. The molecule has 4 amide bonds. The van der Waals surface area contributed by atoms with Crippen molar-refractivity contribution in [3.8, 4) is 0 Å². The van der Waals surface area contributed by atoms with Gasteiger partial charge < -0.3 is 10.6 Å². The van der Waals surface area contributed by atoms with Crippen molar-refractivity contribution in [2.45, 2.75) is 29.3 Å². The summed E-state index contributed by atoms with van der Waals surface area (Å²) in [4.78, 5) is 37.2. The molecule has 1 saturated heterocycles. The number of nitrogens with zero attached hydrogens (tertiary/aromatic N) is 1. The minimum atomic E-state index is -2.09. The normalized spacial score (nSPS) is 20.0. The Morgan fingerprint density at radius 1 is 1.30 bits per heavy atom. The maximum absolute atomic E-state index is 12.3. The molecular weight excluding hydrogens is 365 g/mol. The Hall–Kier alpha value is -1.50. The largest absolute Gasteiger partial charge is 0.335 e. The highest BCUT2D eigenvalue weighted by atomic mass is 35.6. The van der Waals surface area contributed by atoms with Crippen LogP contribution >= 0.6 is 34.8 Å². The van der Waals surface area contributed by atoms with Crippen LogP contribution in [0.4, 0.5) is 4.79 Å². The molecule has 2 atom stereocenters. The van der Waals surface area contributed by atoms with Crippen molar-refractivity contribution in [1.29, 1.82) is 0 Å². The minimum Gasteiger partial charge on any atom is -0.335 e. The van der Waals surface area contributed by atoms with Gasteiger partial charge in [-0.05, 0) is 19.1 Å². The van der Waals surface area contributed by atoms with Gasteiger partial charge in [-0.15, -0.1) is 0 Å². The quantitative estimate of drug-likeness (QED) is 0.793. The summed E-state index contributed by atoms with van der Waals surface area (Å²) in [6.45, 7) is 1.68.